The van der Waals surface area contributed by atoms with Gasteiger partial charge in [-0.25, -0.2) is 12.7 Å². The Balaban J connectivity index is 0.00000512. The number of rotatable bonds is 9. The maximum absolute atomic E-state index is 12.2. The smallest absolute Gasteiger partial charge is 0.242 e. The molecule has 0 heterocycles. The van der Waals surface area contributed by atoms with E-state index in [9.17, 15) is 8.42 Å². The van der Waals surface area contributed by atoms with Crippen LogP contribution in [0.3, 0.4) is 0 Å². The standard InChI is InChI=1S/C23H34N4O3S.HI/c1-7-18(3)30-22-14-17(2)8-11-20(22)16-26-23(24-4)25-15-19-9-12-21(13-10-19)31(28,29)27(5)6;/h8-14,18H,7,15-16H2,1-6H3,(H2,24,25,26);1H. The molecule has 2 N–H and O–H groups in total. The van der Waals surface area contributed by atoms with Gasteiger partial charge < -0.3 is 15.4 Å². The van der Waals surface area contributed by atoms with Gasteiger partial charge in [-0.2, -0.15) is 0 Å². The molecule has 0 aliphatic heterocycles. The molecule has 0 bridgehead atoms. The Morgan fingerprint density at radius 1 is 1.09 bits per heavy atom. The molecule has 1 unspecified atom stereocenters. The Kier molecular flexibility index (Phi) is 11.5. The lowest BCUT2D eigenvalue weighted by Gasteiger charge is -2.18. The minimum absolute atomic E-state index is 0. The second-order valence-electron chi connectivity index (χ2n) is 7.66. The number of sulfonamides is 1. The van der Waals surface area contributed by atoms with Crippen molar-refractivity contribution in [1.29, 1.82) is 0 Å². The highest BCUT2D eigenvalue weighted by Gasteiger charge is 2.16. The average molecular weight is 575 g/mol. The molecule has 2 aromatic carbocycles. The van der Waals surface area contributed by atoms with Gasteiger partial charge >= 0.3 is 0 Å². The average Bonchev–Trinajstić information content (AvgIpc) is 2.75. The van der Waals surface area contributed by atoms with Gasteiger partial charge in [-0.1, -0.05) is 31.2 Å². The molecule has 178 valence electrons. The highest BCUT2D eigenvalue weighted by Crippen LogP contribution is 2.22. The first-order valence-corrected chi connectivity index (χ1v) is 11.8. The lowest BCUT2D eigenvalue weighted by Crippen LogP contribution is -2.36. The van der Waals surface area contributed by atoms with Crippen molar-refractivity contribution in [2.24, 2.45) is 4.99 Å². The van der Waals surface area contributed by atoms with Crippen LogP contribution in [-0.4, -0.2) is 45.9 Å². The fraction of sp³-hybridized carbons (Fsp3) is 0.435. The Morgan fingerprint density at radius 3 is 2.28 bits per heavy atom. The molecule has 0 saturated heterocycles. The van der Waals surface area contributed by atoms with Crippen molar-refractivity contribution in [3.05, 3.63) is 59.2 Å². The lowest BCUT2D eigenvalue weighted by molar-refractivity contribution is 0.215. The number of benzene rings is 2. The fourth-order valence-electron chi connectivity index (χ4n) is 2.79. The molecule has 1 atom stereocenters. The van der Waals surface area contributed by atoms with Crippen molar-refractivity contribution in [2.45, 2.75) is 51.3 Å². The summed E-state index contributed by atoms with van der Waals surface area (Å²) < 4.78 is 31.6. The molecule has 0 spiro atoms. The summed E-state index contributed by atoms with van der Waals surface area (Å²) in [7, 11) is 1.34. The highest BCUT2D eigenvalue weighted by atomic mass is 127. The van der Waals surface area contributed by atoms with Crippen LogP contribution in [0.15, 0.2) is 52.4 Å². The molecule has 2 rings (SSSR count). The van der Waals surface area contributed by atoms with E-state index >= 15 is 0 Å². The van der Waals surface area contributed by atoms with Crippen LogP contribution in [0.25, 0.3) is 0 Å². The van der Waals surface area contributed by atoms with Crippen molar-refractivity contribution in [3.8, 4) is 5.75 Å². The van der Waals surface area contributed by atoms with Crippen LogP contribution in [0.4, 0.5) is 0 Å². The third-order valence-corrected chi connectivity index (χ3v) is 6.79. The van der Waals surface area contributed by atoms with Gasteiger partial charge in [0.1, 0.15) is 5.75 Å². The third-order valence-electron chi connectivity index (χ3n) is 4.96. The summed E-state index contributed by atoms with van der Waals surface area (Å²) in [5.74, 6) is 1.54. The molecule has 32 heavy (non-hydrogen) atoms. The second kappa shape index (κ2) is 13.0. The number of halogens is 1. The number of hydrogen-bond acceptors (Lipinski definition) is 4. The van der Waals surface area contributed by atoms with Gasteiger partial charge in [-0.05, 0) is 49.6 Å². The third kappa shape index (κ3) is 7.93. The Bertz CT molecular complexity index is 993. The van der Waals surface area contributed by atoms with E-state index in [1.165, 1.54) is 18.4 Å². The predicted octanol–water partition coefficient (Wildman–Crippen LogP) is 3.91. The number of aliphatic imine (C=N–C) groups is 1. The second-order valence-corrected chi connectivity index (χ2v) is 9.81. The number of ether oxygens (including phenoxy) is 1. The zero-order valence-electron chi connectivity index (χ0n) is 19.7. The van der Waals surface area contributed by atoms with E-state index in [1.54, 1.807) is 31.3 Å². The van der Waals surface area contributed by atoms with Crippen molar-refractivity contribution >= 4 is 40.0 Å². The van der Waals surface area contributed by atoms with Crippen LogP contribution in [0.5, 0.6) is 5.75 Å². The fourth-order valence-corrected chi connectivity index (χ4v) is 3.69. The lowest BCUT2D eigenvalue weighted by atomic mass is 10.1. The highest BCUT2D eigenvalue weighted by molar-refractivity contribution is 14.0. The van der Waals surface area contributed by atoms with E-state index in [0.29, 0.717) is 19.0 Å². The zero-order chi connectivity index (χ0) is 23.0. The van der Waals surface area contributed by atoms with Gasteiger partial charge in [0.25, 0.3) is 0 Å². The van der Waals surface area contributed by atoms with Crippen LogP contribution in [0.2, 0.25) is 0 Å². The van der Waals surface area contributed by atoms with Gasteiger partial charge in [-0.15, -0.1) is 24.0 Å². The summed E-state index contributed by atoms with van der Waals surface area (Å²) in [5.41, 5.74) is 3.17. The minimum atomic E-state index is -3.42. The van der Waals surface area contributed by atoms with E-state index in [1.807, 2.05) is 0 Å². The maximum atomic E-state index is 12.2. The molecule has 0 aliphatic carbocycles. The summed E-state index contributed by atoms with van der Waals surface area (Å²) in [4.78, 5) is 4.55. The normalized spacial score (nSPS) is 12.8. The number of nitrogens with one attached hydrogen (secondary N) is 2. The van der Waals surface area contributed by atoms with Gasteiger partial charge in [0.2, 0.25) is 10.0 Å². The number of aryl methyl sites for hydroxylation is 1. The molecule has 0 aromatic heterocycles. The summed E-state index contributed by atoms with van der Waals surface area (Å²) >= 11 is 0. The summed E-state index contributed by atoms with van der Waals surface area (Å²) in [5, 5.41) is 6.57. The predicted molar refractivity (Wildman–Crippen MR) is 141 cm³/mol. The van der Waals surface area contributed by atoms with Crippen LogP contribution in [0.1, 0.15) is 37.0 Å². The first kappa shape index (κ1) is 28.2. The molecule has 0 radical (unpaired) electrons. The molecule has 7 nitrogen and oxygen atoms in total. The largest absolute Gasteiger partial charge is 0.490 e. The summed E-state index contributed by atoms with van der Waals surface area (Å²) in [6.45, 7) is 7.32. The van der Waals surface area contributed by atoms with Gasteiger partial charge in [0, 0.05) is 39.8 Å². The molecule has 0 saturated carbocycles. The van der Waals surface area contributed by atoms with Gasteiger partial charge in [-0.3, -0.25) is 4.99 Å². The van der Waals surface area contributed by atoms with E-state index in [0.717, 1.165) is 28.9 Å². The van der Waals surface area contributed by atoms with Crippen molar-refractivity contribution in [1.82, 2.24) is 14.9 Å². The van der Waals surface area contributed by atoms with Crippen LogP contribution < -0.4 is 15.4 Å². The van der Waals surface area contributed by atoms with Gasteiger partial charge in [0.15, 0.2) is 5.96 Å². The SMILES string of the molecule is CCC(C)Oc1cc(C)ccc1CNC(=NC)NCc1ccc(S(=O)(=O)N(C)C)cc1.I. The monoisotopic (exact) mass is 574 g/mol. The topological polar surface area (TPSA) is 83.0 Å². The van der Waals surface area contributed by atoms with E-state index in [4.69, 9.17) is 4.74 Å². The Morgan fingerprint density at radius 2 is 1.72 bits per heavy atom. The maximum Gasteiger partial charge on any atom is 0.242 e. The van der Waals surface area contributed by atoms with Gasteiger partial charge in [0.05, 0.1) is 11.0 Å². The van der Waals surface area contributed by atoms with Crippen LogP contribution in [0, 0.1) is 6.92 Å². The van der Waals surface area contributed by atoms with Crippen LogP contribution >= 0.6 is 24.0 Å². The zero-order valence-corrected chi connectivity index (χ0v) is 22.8. The van der Waals surface area contributed by atoms with E-state index in [-0.39, 0.29) is 35.0 Å². The first-order chi connectivity index (χ1) is 14.7. The van der Waals surface area contributed by atoms with Crippen LogP contribution in [-0.2, 0) is 23.1 Å². The number of guanidine groups is 1. The minimum Gasteiger partial charge on any atom is -0.490 e. The first-order valence-electron chi connectivity index (χ1n) is 10.4. The molecular formula is C23H35IN4O3S. The van der Waals surface area contributed by atoms with E-state index in [2.05, 4.69) is 54.6 Å². The van der Waals surface area contributed by atoms with Crippen molar-refractivity contribution in [2.75, 3.05) is 21.1 Å². The Hall–Kier alpha value is -1.85. The molecule has 9 heteroatoms. The van der Waals surface area contributed by atoms with E-state index < -0.39 is 10.0 Å². The summed E-state index contributed by atoms with van der Waals surface area (Å²) in [6, 6.07) is 13.0. The quantitative estimate of drug-likeness (QED) is 0.270. The number of nitrogens with zero attached hydrogens (tertiary/aromatic N) is 2. The van der Waals surface area contributed by atoms with Crippen molar-refractivity contribution in [3.63, 3.8) is 0 Å². The molecular weight excluding hydrogens is 539 g/mol. The number of hydrogen-bond donors (Lipinski definition) is 2. The molecule has 0 aliphatic rings. The van der Waals surface area contributed by atoms with Crippen molar-refractivity contribution < 1.29 is 13.2 Å². The molecule has 0 amide bonds. The molecule has 0 fully saturated rings. The Labute approximate surface area is 209 Å². The summed E-state index contributed by atoms with van der Waals surface area (Å²) in [6.07, 6.45) is 1.09. The molecule has 2 aromatic rings.